The van der Waals surface area contributed by atoms with Crippen LogP contribution in [0, 0.1) is 33.5 Å². The highest BCUT2D eigenvalue weighted by Gasteiger charge is 2.87. The van der Waals surface area contributed by atoms with Crippen molar-refractivity contribution < 1.29 is 87.1 Å². The average Bonchev–Trinajstić information content (AvgIpc) is 1.47. The molecule has 28 heteroatoms. The summed E-state index contributed by atoms with van der Waals surface area (Å²) in [6, 6.07) is 38.4. The molecule has 6 aromatic rings. The van der Waals surface area contributed by atoms with Gasteiger partial charge in [-0.15, -0.1) is 10.2 Å². The van der Waals surface area contributed by atoms with Crippen LogP contribution in [0.1, 0.15) is 89.0 Å². The summed E-state index contributed by atoms with van der Waals surface area (Å²) >= 11 is 7.57. The molecule has 102 heavy (non-hydrogen) atoms. The summed E-state index contributed by atoms with van der Waals surface area (Å²) in [6.45, 7) is 14.7. The van der Waals surface area contributed by atoms with E-state index in [9.17, 15) is 49.2 Å². The third-order valence-corrected chi connectivity index (χ3v) is 25.7. The first-order valence-electron chi connectivity index (χ1n) is 34.1. The molecule has 0 radical (unpaired) electrons. The number of hydrogen-bond donors (Lipinski definition) is 4. The zero-order valence-corrected chi connectivity index (χ0v) is 60.3. The molecule has 18 atom stereocenters. The van der Waals surface area contributed by atoms with E-state index in [0.29, 0.717) is 24.5 Å². The van der Waals surface area contributed by atoms with Crippen molar-refractivity contribution in [2.24, 2.45) is 33.5 Å². The van der Waals surface area contributed by atoms with Gasteiger partial charge in [-0.1, -0.05) is 164 Å². The molecule has 6 saturated heterocycles. The second-order valence-electron chi connectivity index (χ2n) is 29.3. The fraction of sp³-hybridized carbons (Fsp3) is 0.486. The SMILES string of the molecule is CC1(C)OCC2OC(OCCn3cc(CN4C(=O)C5C6(C)C(=O)C(C)(C(c7ccccc7)=C6c6ccccc6)C5(Br)C4=O)nn3)C3OC(C)(C)OC3C2O1.CC12C(=O)C(C)(C(c3ccccc3)=C1c1ccccc1)C1(Br)C(=O)N(Cc3cn(CCOC4OC(CO)C(O)C(O)C4O)nn3)C(=O)C21. The van der Waals surface area contributed by atoms with Crippen molar-refractivity contribution in [3.8, 4) is 0 Å². The number of likely N-dealkylation sites (tertiary alicyclic amines) is 2. The van der Waals surface area contributed by atoms with E-state index in [1.54, 1.807) is 30.9 Å². The zero-order valence-electron chi connectivity index (χ0n) is 57.1. The van der Waals surface area contributed by atoms with Crippen LogP contribution in [0.2, 0.25) is 0 Å². The number of hydrogen-bond acceptors (Lipinski definition) is 22. The van der Waals surface area contributed by atoms with Crippen molar-refractivity contribution in [1.82, 2.24) is 39.8 Å². The third kappa shape index (κ3) is 10.3. The van der Waals surface area contributed by atoms with Crippen LogP contribution in [-0.2, 0) is 92.8 Å². The van der Waals surface area contributed by atoms with E-state index in [1.807, 2.05) is 163 Å². The second-order valence-corrected chi connectivity index (χ2v) is 31.8. The quantitative estimate of drug-likeness (QED) is 0.0650. The van der Waals surface area contributed by atoms with Crippen molar-refractivity contribution in [2.45, 2.75) is 163 Å². The molecule has 2 saturated carbocycles. The Balaban J connectivity index is 0.000000166. The number of amides is 4. The lowest BCUT2D eigenvalue weighted by Gasteiger charge is -2.48. The van der Waals surface area contributed by atoms with Gasteiger partial charge in [0.05, 0.1) is 98.5 Å². The van der Waals surface area contributed by atoms with Gasteiger partial charge < -0.3 is 58.3 Å². The fourth-order valence-electron chi connectivity index (χ4n) is 18.0. The van der Waals surface area contributed by atoms with E-state index >= 15 is 0 Å². The highest BCUT2D eigenvalue weighted by molar-refractivity contribution is 9.10. The summed E-state index contributed by atoms with van der Waals surface area (Å²) in [5, 5.41) is 56.3. The van der Waals surface area contributed by atoms with Crippen LogP contribution in [-0.4, -0.2) is 203 Å². The Morgan fingerprint density at radius 1 is 0.500 bits per heavy atom. The fourth-order valence-corrected chi connectivity index (χ4v) is 20.5. The van der Waals surface area contributed by atoms with E-state index in [-0.39, 0.29) is 50.5 Å². The average molecular weight is 1530 g/mol. The zero-order chi connectivity index (χ0) is 72.2. The van der Waals surface area contributed by atoms with E-state index in [2.05, 4.69) is 52.5 Å². The molecule has 4 amide bonds. The van der Waals surface area contributed by atoms with E-state index in [4.69, 9.17) is 37.9 Å². The maximum absolute atomic E-state index is 14.7. The summed E-state index contributed by atoms with van der Waals surface area (Å²) in [7, 11) is 0. The molecule has 4 aliphatic carbocycles. The standard InChI is InChI=1S/C40H43BrN4O9.C34H35BrN4O9/c1-36(2)50-21-25-28(52-36)29-30(54-37(3,4)53-29)33(51-25)49-18-17-44-19-24(42-43-44)20-45-32(46)31-38(5)26(22-13-9-7-10-14-22)27(23-15-11-8-12-16-23)39(6,34(38)47)40(31,41)35(45)48;1-32-22(18-9-5-3-6-10-18)23(19-11-7-4-8-12-19)33(2,30(32)45)34(35)27(32)28(44)39(31(34)46)16-20-15-38(37-36-20)13-14-47-29-26(43)25(42)24(41)21(17-40)48-29/h7-16,19,25,28-31,33H,17-18,20-21H2,1-6H3;3-12,15,21,24-27,29,40-43H,13-14,16-17H2,1-2H3. The Kier molecular flexibility index (Phi) is 17.4. The van der Waals surface area contributed by atoms with Gasteiger partial charge in [0, 0.05) is 0 Å². The number of carbonyl (C=O) groups is 6. The van der Waals surface area contributed by atoms with E-state index in [1.165, 1.54) is 9.58 Å². The van der Waals surface area contributed by atoms with E-state index in [0.717, 1.165) is 49.4 Å². The minimum Gasteiger partial charge on any atom is -0.394 e. The van der Waals surface area contributed by atoms with Crippen LogP contribution >= 0.6 is 31.9 Å². The molecular formula is C74H78Br2N8O18. The van der Waals surface area contributed by atoms with Crippen LogP contribution in [0.25, 0.3) is 22.3 Å². The number of ether oxygens (including phenoxy) is 8. The van der Waals surface area contributed by atoms with E-state index < -0.39 is 139 Å². The molecule has 0 spiro atoms. The first kappa shape index (κ1) is 70.4. The lowest BCUT2D eigenvalue weighted by atomic mass is 9.63. The Labute approximate surface area is 603 Å². The Morgan fingerprint density at radius 2 is 0.902 bits per heavy atom. The van der Waals surface area contributed by atoms with Crippen LogP contribution in [0.4, 0.5) is 0 Å². The molecule has 26 nitrogen and oxygen atoms in total. The molecule has 8 heterocycles. The first-order valence-corrected chi connectivity index (χ1v) is 35.6. The number of rotatable bonds is 17. The van der Waals surface area contributed by atoms with Gasteiger partial charge in [-0.05, 0) is 99.9 Å². The third-order valence-electron chi connectivity index (χ3n) is 22.5. The molecule has 536 valence electrons. The topological polar surface area (TPSA) is 325 Å². The normalized spacial score (nSPS) is 36.8. The molecule has 4 aromatic carbocycles. The van der Waals surface area contributed by atoms with Gasteiger partial charge in [0.15, 0.2) is 35.7 Å². The van der Waals surface area contributed by atoms with Crippen LogP contribution in [0.3, 0.4) is 0 Å². The summed E-state index contributed by atoms with van der Waals surface area (Å²) in [6.07, 6.45) is -6.20. The predicted octanol–water partition coefficient (Wildman–Crippen LogP) is 5.46. The summed E-state index contributed by atoms with van der Waals surface area (Å²) in [5.74, 6) is -5.77. The number of aliphatic hydroxyl groups is 4. The molecule has 2 aromatic heterocycles. The number of allylic oxidation sites excluding steroid dienone is 4. The van der Waals surface area contributed by atoms with Gasteiger partial charge in [-0.3, -0.25) is 38.6 Å². The van der Waals surface area contributed by atoms with Gasteiger partial charge in [0.25, 0.3) is 0 Å². The number of halogens is 2. The highest BCUT2D eigenvalue weighted by Crippen LogP contribution is 2.79. The molecule has 4 N–H and O–H groups in total. The highest BCUT2D eigenvalue weighted by atomic mass is 79.9. The molecule has 10 aliphatic rings. The lowest BCUT2D eigenvalue weighted by molar-refractivity contribution is -0.370. The van der Waals surface area contributed by atoms with Crippen molar-refractivity contribution in [3.63, 3.8) is 0 Å². The Morgan fingerprint density at radius 3 is 1.33 bits per heavy atom. The number of imide groups is 2. The number of ketones is 2. The van der Waals surface area contributed by atoms with Gasteiger partial charge in [-0.2, -0.15) is 0 Å². The minimum absolute atomic E-state index is 0.0470. The predicted molar refractivity (Wildman–Crippen MR) is 366 cm³/mol. The Hall–Kier alpha value is -7.26. The summed E-state index contributed by atoms with van der Waals surface area (Å²) in [5.41, 5.74) is 1.82. The van der Waals surface area contributed by atoms with Crippen LogP contribution < -0.4 is 0 Å². The largest absolute Gasteiger partial charge is 0.394 e. The van der Waals surface area contributed by atoms with Crippen LogP contribution in [0.5, 0.6) is 0 Å². The van der Waals surface area contributed by atoms with Crippen molar-refractivity contribution in [1.29, 1.82) is 0 Å². The van der Waals surface area contributed by atoms with Gasteiger partial charge >= 0.3 is 0 Å². The molecule has 18 unspecified atom stereocenters. The summed E-state index contributed by atoms with van der Waals surface area (Å²) in [4.78, 5) is 89.5. The first-order chi connectivity index (χ1) is 48.5. The van der Waals surface area contributed by atoms with Gasteiger partial charge in [-0.25, -0.2) is 9.36 Å². The Bertz CT molecular complexity index is 4430. The molecule has 6 aliphatic heterocycles. The molecular weight excluding hydrogens is 1450 g/mol. The monoisotopic (exact) mass is 1520 g/mol. The second kappa shape index (κ2) is 25.2. The van der Waals surface area contributed by atoms with Gasteiger partial charge in [0.1, 0.15) is 68.9 Å². The van der Waals surface area contributed by atoms with Crippen LogP contribution in [0.15, 0.2) is 134 Å². The minimum atomic E-state index is -1.57. The number of aromatic nitrogens is 6. The molecule has 16 rings (SSSR count). The number of carbonyl (C=O) groups excluding carboxylic acids is 6. The van der Waals surface area contributed by atoms with Gasteiger partial charge in [0.2, 0.25) is 23.6 Å². The number of aliphatic hydroxyl groups excluding tert-OH is 4. The number of benzene rings is 4. The maximum atomic E-state index is 14.7. The number of fused-ring (bicyclic) bond motifs is 13. The molecule has 4 bridgehead atoms. The van der Waals surface area contributed by atoms with Crippen molar-refractivity contribution in [3.05, 3.63) is 167 Å². The number of Topliss-reactive ketones (excluding diaryl/α,β-unsaturated/α-hetero) is 2. The lowest BCUT2D eigenvalue weighted by Crippen LogP contribution is -2.63. The number of alkyl halides is 2. The number of nitrogens with zero attached hydrogens (tertiary/aromatic N) is 8. The maximum Gasteiger partial charge on any atom is 0.248 e. The molecule has 8 fully saturated rings. The smallest absolute Gasteiger partial charge is 0.248 e. The summed E-state index contributed by atoms with van der Waals surface area (Å²) < 4.78 is 47.9. The van der Waals surface area contributed by atoms with Crippen molar-refractivity contribution in [2.75, 3.05) is 26.4 Å². The van der Waals surface area contributed by atoms with Crippen molar-refractivity contribution >= 4 is 89.3 Å².